The standard InChI is InChI=1S/C22H26ClN3O4/c1-29-12-10-25(21(27)17-6-3-2-4-7-17)15-20-16-26(11-13-30-20)22(28)24-19-9-5-8-18(23)14-19/h2-9,14,20H,10-13,15-16H2,1H3,(H,24,28). The van der Waals surface area contributed by atoms with Gasteiger partial charge in [-0.2, -0.15) is 0 Å². The maximum absolute atomic E-state index is 12.9. The van der Waals surface area contributed by atoms with Gasteiger partial charge in [0.1, 0.15) is 0 Å². The van der Waals surface area contributed by atoms with E-state index < -0.39 is 0 Å². The molecular formula is C22H26ClN3O4. The first-order chi connectivity index (χ1) is 14.6. The molecule has 1 aliphatic heterocycles. The SMILES string of the molecule is COCCN(CC1CN(C(=O)Nc2cccc(Cl)c2)CCO1)C(=O)c1ccccc1. The van der Waals surface area contributed by atoms with E-state index in [1.165, 1.54) is 0 Å². The predicted octanol–water partition coefficient (Wildman–Crippen LogP) is 3.36. The molecule has 3 rings (SSSR count). The highest BCUT2D eigenvalue weighted by atomic mass is 35.5. The van der Waals surface area contributed by atoms with Crippen LogP contribution < -0.4 is 5.32 Å². The molecule has 0 aromatic heterocycles. The molecule has 7 nitrogen and oxygen atoms in total. The van der Waals surface area contributed by atoms with Gasteiger partial charge in [-0.3, -0.25) is 4.79 Å². The van der Waals surface area contributed by atoms with Gasteiger partial charge in [0.25, 0.3) is 5.91 Å². The largest absolute Gasteiger partial charge is 0.383 e. The lowest BCUT2D eigenvalue weighted by atomic mass is 10.1. The number of anilines is 1. The number of carbonyl (C=O) groups is 2. The summed E-state index contributed by atoms with van der Waals surface area (Å²) in [5, 5.41) is 3.41. The molecule has 160 valence electrons. The number of hydrogen-bond acceptors (Lipinski definition) is 4. The van der Waals surface area contributed by atoms with Crippen LogP contribution in [0.15, 0.2) is 54.6 Å². The van der Waals surface area contributed by atoms with Crippen LogP contribution in [0, 0.1) is 0 Å². The van der Waals surface area contributed by atoms with Crippen molar-refractivity contribution in [2.45, 2.75) is 6.10 Å². The summed E-state index contributed by atoms with van der Waals surface area (Å²) >= 11 is 5.98. The van der Waals surface area contributed by atoms with Gasteiger partial charge in [-0.25, -0.2) is 4.79 Å². The maximum atomic E-state index is 12.9. The Balaban J connectivity index is 1.62. The van der Waals surface area contributed by atoms with E-state index in [0.717, 1.165) is 0 Å². The Morgan fingerprint density at radius 2 is 2.03 bits per heavy atom. The van der Waals surface area contributed by atoms with Gasteiger partial charge < -0.3 is 24.6 Å². The summed E-state index contributed by atoms with van der Waals surface area (Å²) in [5.41, 5.74) is 1.25. The number of rotatable bonds is 7. The lowest BCUT2D eigenvalue weighted by molar-refractivity contribution is -0.0280. The van der Waals surface area contributed by atoms with Crippen molar-refractivity contribution in [3.63, 3.8) is 0 Å². The second-order valence-electron chi connectivity index (χ2n) is 6.99. The molecule has 30 heavy (non-hydrogen) atoms. The van der Waals surface area contributed by atoms with E-state index in [4.69, 9.17) is 21.1 Å². The van der Waals surface area contributed by atoms with Gasteiger partial charge in [0, 0.05) is 43.0 Å². The van der Waals surface area contributed by atoms with E-state index >= 15 is 0 Å². The van der Waals surface area contributed by atoms with Crippen molar-refractivity contribution in [1.82, 2.24) is 9.80 Å². The van der Waals surface area contributed by atoms with E-state index in [9.17, 15) is 9.59 Å². The highest BCUT2D eigenvalue weighted by Gasteiger charge is 2.28. The summed E-state index contributed by atoms with van der Waals surface area (Å²) in [6.07, 6.45) is -0.284. The third-order valence-corrected chi connectivity index (χ3v) is 5.03. The molecule has 3 amide bonds. The van der Waals surface area contributed by atoms with Crippen LogP contribution in [0.4, 0.5) is 10.5 Å². The van der Waals surface area contributed by atoms with Crippen molar-refractivity contribution >= 4 is 29.2 Å². The minimum Gasteiger partial charge on any atom is -0.383 e. The molecule has 0 radical (unpaired) electrons. The number of carbonyl (C=O) groups excluding carboxylic acids is 2. The van der Waals surface area contributed by atoms with Crippen LogP contribution in [0.2, 0.25) is 5.02 Å². The number of urea groups is 1. The van der Waals surface area contributed by atoms with E-state index in [-0.39, 0.29) is 18.0 Å². The first kappa shape index (κ1) is 22.1. The van der Waals surface area contributed by atoms with Crippen molar-refractivity contribution in [2.24, 2.45) is 0 Å². The van der Waals surface area contributed by atoms with E-state index in [0.29, 0.717) is 55.7 Å². The van der Waals surface area contributed by atoms with Gasteiger partial charge in [-0.1, -0.05) is 35.9 Å². The molecule has 1 heterocycles. The number of ether oxygens (including phenoxy) is 2. The zero-order chi connectivity index (χ0) is 21.3. The molecule has 1 unspecified atom stereocenters. The van der Waals surface area contributed by atoms with Crippen molar-refractivity contribution < 1.29 is 19.1 Å². The van der Waals surface area contributed by atoms with Crippen molar-refractivity contribution in [3.05, 3.63) is 65.2 Å². The Morgan fingerprint density at radius 1 is 1.23 bits per heavy atom. The smallest absolute Gasteiger partial charge is 0.322 e. The molecule has 1 fully saturated rings. The zero-order valence-corrected chi connectivity index (χ0v) is 17.7. The lowest BCUT2D eigenvalue weighted by Crippen LogP contribution is -2.52. The molecular weight excluding hydrogens is 406 g/mol. The number of amides is 3. The fraction of sp³-hybridized carbons (Fsp3) is 0.364. The normalized spacial score (nSPS) is 16.2. The van der Waals surface area contributed by atoms with E-state index in [1.54, 1.807) is 53.3 Å². The molecule has 2 aromatic carbocycles. The number of hydrogen-bond donors (Lipinski definition) is 1. The molecule has 8 heteroatoms. The number of nitrogens with zero attached hydrogens (tertiary/aromatic N) is 2. The Labute approximate surface area is 181 Å². The Hall–Kier alpha value is -2.61. The molecule has 2 aromatic rings. The number of halogens is 1. The quantitative estimate of drug-likeness (QED) is 0.729. The Morgan fingerprint density at radius 3 is 2.77 bits per heavy atom. The van der Waals surface area contributed by atoms with Gasteiger partial charge in [-0.15, -0.1) is 0 Å². The minimum absolute atomic E-state index is 0.0863. The van der Waals surface area contributed by atoms with Crippen LogP contribution in [-0.4, -0.2) is 74.3 Å². The predicted molar refractivity (Wildman–Crippen MR) is 116 cm³/mol. The monoisotopic (exact) mass is 431 g/mol. The molecule has 1 aliphatic rings. The van der Waals surface area contributed by atoms with Gasteiger partial charge in [0.15, 0.2) is 0 Å². The maximum Gasteiger partial charge on any atom is 0.322 e. The Kier molecular flexibility index (Phi) is 8.07. The number of benzene rings is 2. The van der Waals surface area contributed by atoms with Gasteiger partial charge in [0.2, 0.25) is 0 Å². The molecule has 0 aliphatic carbocycles. The lowest BCUT2D eigenvalue weighted by Gasteiger charge is -2.35. The summed E-state index contributed by atoms with van der Waals surface area (Å²) in [7, 11) is 1.60. The second-order valence-corrected chi connectivity index (χ2v) is 7.43. The molecule has 0 bridgehead atoms. The fourth-order valence-corrected chi connectivity index (χ4v) is 3.46. The van der Waals surface area contributed by atoms with E-state index in [2.05, 4.69) is 5.32 Å². The van der Waals surface area contributed by atoms with Crippen LogP contribution in [0.3, 0.4) is 0 Å². The fourth-order valence-electron chi connectivity index (χ4n) is 3.27. The van der Waals surface area contributed by atoms with Crippen molar-refractivity contribution in [1.29, 1.82) is 0 Å². The van der Waals surface area contributed by atoms with Gasteiger partial charge >= 0.3 is 6.03 Å². The number of methoxy groups -OCH3 is 1. The first-order valence-corrected chi connectivity index (χ1v) is 10.2. The number of morpholine rings is 1. The highest BCUT2D eigenvalue weighted by molar-refractivity contribution is 6.30. The summed E-state index contributed by atoms with van der Waals surface area (Å²) in [4.78, 5) is 29.0. The third kappa shape index (κ3) is 6.19. The van der Waals surface area contributed by atoms with Crippen molar-refractivity contribution in [2.75, 3.05) is 51.8 Å². The summed E-state index contributed by atoms with van der Waals surface area (Å²) < 4.78 is 11.0. The van der Waals surface area contributed by atoms with Crippen LogP contribution in [0.25, 0.3) is 0 Å². The summed E-state index contributed by atoms with van der Waals surface area (Å²) in [5.74, 6) is -0.0863. The minimum atomic E-state index is -0.284. The molecule has 1 atom stereocenters. The average molecular weight is 432 g/mol. The molecule has 1 N–H and O–H groups in total. The summed E-state index contributed by atoms with van der Waals surface area (Å²) in [6, 6.07) is 15.9. The van der Waals surface area contributed by atoms with E-state index in [1.807, 2.05) is 18.2 Å². The highest BCUT2D eigenvalue weighted by Crippen LogP contribution is 2.17. The van der Waals surface area contributed by atoms with Crippen LogP contribution in [0.5, 0.6) is 0 Å². The zero-order valence-electron chi connectivity index (χ0n) is 16.9. The number of nitrogens with one attached hydrogen (secondary N) is 1. The second kappa shape index (κ2) is 11.0. The molecule has 0 saturated carbocycles. The van der Waals surface area contributed by atoms with Crippen LogP contribution in [-0.2, 0) is 9.47 Å². The van der Waals surface area contributed by atoms with Crippen LogP contribution >= 0.6 is 11.6 Å². The first-order valence-electron chi connectivity index (χ1n) is 9.83. The summed E-state index contributed by atoms with van der Waals surface area (Å²) in [6.45, 7) is 2.51. The Bertz CT molecular complexity index is 849. The third-order valence-electron chi connectivity index (χ3n) is 4.80. The molecule has 1 saturated heterocycles. The van der Waals surface area contributed by atoms with Gasteiger partial charge in [0.05, 0.1) is 25.9 Å². The van der Waals surface area contributed by atoms with Crippen molar-refractivity contribution in [3.8, 4) is 0 Å². The average Bonchev–Trinajstić information content (AvgIpc) is 2.77. The van der Waals surface area contributed by atoms with Gasteiger partial charge in [-0.05, 0) is 30.3 Å². The topological polar surface area (TPSA) is 71.1 Å². The van der Waals surface area contributed by atoms with Crippen LogP contribution in [0.1, 0.15) is 10.4 Å². The molecule has 0 spiro atoms.